The van der Waals surface area contributed by atoms with Crippen LogP contribution in [0.3, 0.4) is 0 Å². The number of anilines is 2. The lowest BCUT2D eigenvalue weighted by molar-refractivity contribution is 0.410. The molecule has 1 saturated carbocycles. The summed E-state index contributed by atoms with van der Waals surface area (Å²) in [4.78, 5) is 15.3. The second-order valence-electron chi connectivity index (χ2n) is 7.75. The van der Waals surface area contributed by atoms with Crippen molar-refractivity contribution in [3.63, 3.8) is 0 Å². The molecule has 0 radical (unpaired) electrons. The Morgan fingerprint density at radius 1 is 1.27 bits per heavy atom. The van der Waals surface area contributed by atoms with Crippen molar-refractivity contribution in [2.24, 2.45) is 5.92 Å². The van der Waals surface area contributed by atoms with Gasteiger partial charge >= 0.3 is 0 Å². The fourth-order valence-electron chi connectivity index (χ4n) is 3.17. The smallest absolute Gasteiger partial charge is 0.261 e. The van der Waals surface area contributed by atoms with Crippen LogP contribution in [0.1, 0.15) is 26.7 Å². The molecule has 3 N–H and O–H groups in total. The number of hydrogen-bond acceptors (Lipinski definition) is 6. The van der Waals surface area contributed by atoms with E-state index in [4.69, 9.17) is 5.41 Å². The van der Waals surface area contributed by atoms with Crippen LogP contribution in [-0.4, -0.2) is 46.4 Å². The molecule has 0 amide bonds. The van der Waals surface area contributed by atoms with Gasteiger partial charge in [0.15, 0.2) is 5.82 Å². The minimum Gasteiger partial charge on any atom is -0.338 e. The maximum atomic E-state index is 12.6. The standard InChI is InChI=1S/C20H24N6O3S/c1-12(2)25(3)30(28,29)15-8-6-14(7-9-15)23-19-17-16(10-11-22-20(17)27)26(24-19)18(21)13-4-5-13/h6-13,21H,4-5H2,1-3H3,(H,22,27)(H,23,24). The highest BCUT2D eigenvalue weighted by Gasteiger charge is 2.30. The number of nitrogens with one attached hydrogen (secondary N) is 3. The van der Waals surface area contributed by atoms with Gasteiger partial charge in [-0.2, -0.15) is 4.31 Å². The Morgan fingerprint density at radius 3 is 2.53 bits per heavy atom. The van der Waals surface area contributed by atoms with Gasteiger partial charge in [-0.15, -0.1) is 5.10 Å². The van der Waals surface area contributed by atoms with Crippen molar-refractivity contribution >= 4 is 38.3 Å². The van der Waals surface area contributed by atoms with Gasteiger partial charge in [-0.25, -0.2) is 13.1 Å². The third kappa shape index (κ3) is 3.52. The van der Waals surface area contributed by atoms with E-state index in [-0.39, 0.29) is 22.4 Å². The van der Waals surface area contributed by atoms with E-state index in [1.807, 2.05) is 13.8 Å². The van der Waals surface area contributed by atoms with Gasteiger partial charge in [-0.1, -0.05) is 0 Å². The zero-order chi connectivity index (χ0) is 21.6. The summed E-state index contributed by atoms with van der Waals surface area (Å²) in [6, 6.07) is 7.88. The van der Waals surface area contributed by atoms with Crippen LogP contribution < -0.4 is 10.9 Å². The van der Waals surface area contributed by atoms with E-state index in [1.54, 1.807) is 25.2 Å². The number of aromatic amines is 1. The van der Waals surface area contributed by atoms with Crippen LogP contribution in [-0.2, 0) is 10.0 Å². The van der Waals surface area contributed by atoms with Crippen molar-refractivity contribution in [2.45, 2.75) is 37.6 Å². The predicted octanol–water partition coefficient (Wildman–Crippen LogP) is 2.73. The van der Waals surface area contributed by atoms with E-state index in [1.165, 1.54) is 27.3 Å². The van der Waals surface area contributed by atoms with Gasteiger partial charge in [0.25, 0.3) is 5.56 Å². The molecular weight excluding hydrogens is 404 g/mol. The topological polar surface area (TPSA) is 124 Å². The molecular formula is C20H24N6O3S. The fourth-order valence-corrected chi connectivity index (χ4v) is 4.54. The molecule has 9 nitrogen and oxygen atoms in total. The summed E-state index contributed by atoms with van der Waals surface area (Å²) in [5, 5.41) is 16.3. The molecule has 0 bridgehead atoms. The molecule has 2 aromatic heterocycles. The molecule has 3 aromatic rings. The van der Waals surface area contributed by atoms with E-state index in [9.17, 15) is 13.2 Å². The van der Waals surface area contributed by atoms with Crippen LogP contribution in [0.4, 0.5) is 11.5 Å². The highest BCUT2D eigenvalue weighted by atomic mass is 32.2. The number of H-pyrrole nitrogens is 1. The van der Waals surface area contributed by atoms with Crippen LogP contribution in [0.2, 0.25) is 0 Å². The summed E-state index contributed by atoms with van der Waals surface area (Å²) in [5.74, 6) is 0.867. The Morgan fingerprint density at radius 2 is 1.93 bits per heavy atom. The third-order valence-electron chi connectivity index (χ3n) is 5.32. The summed E-state index contributed by atoms with van der Waals surface area (Å²) in [7, 11) is -2.03. The van der Waals surface area contributed by atoms with Gasteiger partial charge < -0.3 is 10.3 Å². The summed E-state index contributed by atoms with van der Waals surface area (Å²) in [5.41, 5.74) is 0.854. The lowest BCUT2D eigenvalue weighted by Crippen LogP contribution is -2.32. The molecule has 1 aliphatic carbocycles. The van der Waals surface area contributed by atoms with Crippen molar-refractivity contribution in [3.8, 4) is 0 Å². The monoisotopic (exact) mass is 428 g/mol. The van der Waals surface area contributed by atoms with Crippen LogP contribution >= 0.6 is 0 Å². The molecule has 1 aliphatic rings. The molecule has 0 spiro atoms. The molecule has 30 heavy (non-hydrogen) atoms. The summed E-state index contributed by atoms with van der Waals surface area (Å²) >= 11 is 0. The van der Waals surface area contributed by atoms with Crippen molar-refractivity contribution in [3.05, 3.63) is 46.9 Å². The number of fused-ring (bicyclic) bond motifs is 1. The number of pyridine rings is 1. The maximum absolute atomic E-state index is 12.6. The minimum atomic E-state index is -3.58. The van der Waals surface area contributed by atoms with Crippen LogP contribution in [0.15, 0.2) is 46.2 Å². The molecule has 0 saturated heterocycles. The van der Waals surface area contributed by atoms with Gasteiger partial charge in [-0.3, -0.25) is 10.2 Å². The SMILES string of the molecule is CC(C)N(C)S(=O)(=O)c1ccc(Nc2nn(C(=N)C3CC3)c3cc[nH]c(=O)c23)cc1. The molecule has 0 unspecified atom stereocenters. The normalized spacial score (nSPS) is 14.6. The Kier molecular flexibility index (Phi) is 4.99. The van der Waals surface area contributed by atoms with E-state index >= 15 is 0 Å². The Labute approximate surface area is 174 Å². The van der Waals surface area contributed by atoms with Gasteiger partial charge in [0.05, 0.1) is 10.4 Å². The van der Waals surface area contributed by atoms with Crippen molar-refractivity contribution in [2.75, 3.05) is 12.4 Å². The quantitative estimate of drug-likeness (QED) is 0.411. The van der Waals surface area contributed by atoms with Gasteiger partial charge in [0.1, 0.15) is 11.2 Å². The Balaban J connectivity index is 1.68. The van der Waals surface area contributed by atoms with Crippen LogP contribution in [0.5, 0.6) is 0 Å². The number of aromatic nitrogens is 3. The summed E-state index contributed by atoms with van der Waals surface area (Å²) in [6.07, 6.45) is 3.44. The molecule has 4 rings (SSSR count). The minimum absolute atomic E-state index is 0.156. The number of hydrogen-bond donors (Lipinski definition) is 3. The molecule has 0 aliphatic heterocycles. The number of rotatable bonds is 6. The van der Waals surface area contributed by atoms with Crippen molar-refractivity contribution in [1.82, 2.24) is 19.1 Å². The second-order valence-corrected chi connectivity index (χ2v) is 9.75. The van der Waals surface area contributed by atoms with Crippen LogP contribution in [0, 0.1) is 11.3 Å². The first-order valence-corrected chi connectivity index (χ1v) is 11.2. The molecule has 158 valence electrons. The van der Waals surface area contributed by atoms with E-state index in [0.29, 0.717) is 28.2 Å². The second kappa shape index (κ2) is 7.37. The van der Waals surface area contributed by atoms with E-state index in [2.05, 4.69) is 15.4 Å². The average molecular weight is 429 g/mol. The third-order valence-corrected chi connectivity index (χ3v) is 7.37. The highest BCUT2D eigenvalue weighted by Crippen LogP contribution is 2.32. The number of sulfonamides is 1. The first-order chi connectivity index (χ1) is 14.2. The molecule has 10 heteroatoms. The van der Waals surface area contributed by atoms with Gasteiger partial charge in [0.2, 0.25) is 10.0 Å². The maximum Gasteiger partial charge on any atom is 0.261 e. The van der Waals surface area contributed by atoms with E-state index in [0.717, 1.165) is 12.8 Å². The zero-order valence-electron chi connectivity index (χ0n) is 17.0. The van der Waals surface area contributed by atoms with Gasteiger partial charge in [-0.05, 0) is 57.0 Å². The average Bonchev–Trinajstić information content (AvgIpc) is 3.50. The predicted molar refractivity (Wildman–Crippen MR) is 116 cm³/mol. The fraction of sp³-hybridized carbons (Fsp3) is 0.350. The highest BCUT2D eigenvalue weighted by molar-refractivity contribution is 7.89. The molecule has 0 atom stereocenters. The largest absolute Gasteiger partial charge is 0.338 e. The Bertz CT molecular complexity index is 1270. The lowest BCUT2D eigenvalue weighted by atomic mass is 10.2. The summed E-state index contributed by atoms with van der Waals surface area (Å²) in [6.45, 7) is 3.62. The molecule has 1 aromatic carbocycles. The van der Waals surface area contributed by atoms with Crippen molar-refractivity contribution < 1.29 is 8.42 Å². The first kappa shape index (κ1) is 20.3. The first-order valence-electron chi connectivity index (χ1n) is 9.74. The lowest BCUT2D eigenvalue weighted by Gasteiger charge is -2.21. The number of nitrogens with zero attached hydrogens (tertiary/aromatic N) is 3. The number of benzene rings is 1. The molecule has 1 fully saturated rings. The zero-order valence-corrected chi connectivity index (χ0v) is 17.8. The molecule has 2 heterocycles. The van der Waals surface area contributed by atoms with Crippen molar-refractivity contribution in [1.29, 1.82) is 5.41 Å². The van der Waals surface area contributed by atoms with Gasteiger partial charge in [0, 0.05) is 30.9 Å². The summed E-state index contributed by atoms with van der Waals surface area (Å²) < 4.78 is 28.1. The Hall–Kier alpha value is -2.98. The van der Waals surface area contributed by atoms with E-state index < -0.39 is 10.0 Å². The van der Waals surface area contributed by atoms with Crippen LogP contribution in [0.25, 0.3) is 10.9 Å².